The molecule has 0 fully saturated rings. The molecule has 0 aliphatic carbocycles. The van der Waals surface area contributed by atoms with Crippen molar-refractivity contribution < 1.29 is 9.59 Å². The molecule has 0 aliphatic rings. The highest BCUT2D eigenvalue weighted by molar-refractivity contribution is 6.03. The number of para-hydroxylation sites is 1. The fourth-order valence-electron chi connectivity index (χ4n) is 1.20. The Hall–Kier alpha value is -1.68. The summed E-state index contributed by atoms with van der Waals surface area (Å²) in [7, 11) is 0. The predicted molar refractivity (Wildman–Crippen MR) is 58.5 cm³/mol. The van der Waals surface area contributed by atoms with Crippen LogP contribution in [-0.2, 0) is 4.79 Å². The van der Waals surface area contributed by atoms with Crippen LogP contribution in [0.2, 0.25) is 0 Å². The molecule has 0 saturated carbocycles. The molecule has 0 spiro atoms. The highest BCUT2D eigenvalue weighted by Gasteiger charge is 2.16. The molecule has 0 aromatic heterocycles. The van der Waals surface area contributed by atoms with Crippen LogP contribution in [0, 0.1) is 0 Å². The summed E-state index contributed by atoms with van der Waals surface area (Å²) in [6, 6.07) is 6.01. The number of anilines is 1. The summed E-state index contributed by atoms with van der Waals surface area (Å²) in [6.07, 6.45) is 0.00352. The van der Waals surface area contributed by atoms with Gasteiger partial charge in [-0.15, -0.1) is 0 Å². The van der Waals surface area contributed by atoms with Gasteiger partial charge in [-0.25, -0.2) is 0 Å². The topological polar surface area (TPSA) is 86.2 Å². The number of ketones is 2. The minimum atomic E-state index is -0.739. The first-order chi connectivity index (χ1) is 7.02. The Morgan fingerprint density at radius 1 is 1.33 bits per heavy atom. The van der Waals surface area contributed by atoms with Gasteiger partial charge in [0, 0.05) is 17.7 Å². The summed E-state index contributed by atoms with van der Waals surface area (Å²) in [5.41, 5.74) is 12.0. The van der Waals surface area contributed by atoms with Crippen molar-refractivity contribution >= 4 is 17.3 Å². The van der Waals surface area contributed by atoms with Crippen molar-refractivity contribution in [3.63, 3.8) is 0 Å². The molecule has 4 N–H and O–H groups in total. The molecule has 0 aliphatic heterocycles. The zero-order valence-electron chi connectivity index (χ0n) is 8.57. The fraction of sp³-hybridized carbons (Fsp3) is 0.273. The van der Waals surface area contributed by atoms with Crippen LogP contribution in [0.3, 0.4) is 0 Å². The van der Waals surface area contributed by atoms with E-state index in [9.17, 15) is 9.59 Å². The minimum absolute atomic E-state index is 0.00352. The molecule has 4 heteroatoms. The predicted octanol–water partition coefficient (Wildman–Crippen LogP) is 0.758. The van der Waals surface area contributed by atoms with Crippen LogP contribution in [0.4, 0.5) is 5.69 Å². The maximum absolute atomic E-state index is 11.7. The highest BCUT2D eigenvalue weighted by atomic mass is 16.1. The van der Waals surface area contributed by atoms with Crippen molar-refractivity contribution in [3.05, 3.63) is 29.8 Å². The third-order valence-corrected chi connectivity index (χ3v) is 2.19. The van der Waals surface area contributed by atoms with E-state index in [2.05, 4.69) is 0 Å². The lowest BCUT2D eigenvalue weighted by Crippen LogP contribution is -2.31. The summed E-state index contributed by atoms with van der Waals surface area (Å²) in [5, 5.41) is 0. The van der Waals surface area contributed by atoms with Crippen molar-refractivity contribution in [3.8, 4) is 0 Å². The minimum Gasteiger partial charge on any atom is -0.398 e. The van der Waals surface area contributed by atoms with Gasteiger partial charge in [0.05, 0.1) is 6.04 Å². The first-order valence-corrected chi connectivity index (χ1v) is 4.66. The highest BCUT2D eigenvalue weighted by Crippen LogP contribution is 2.13. The second-order valence-corrected chi connectivity index (χ2v) is 3.43. The third kappa shape index (κ3) is 2.89. The van der Waals surface area contributed by atoms with Gasteiger partial charge in [-0.05, 0) is 19.1 Å². The van der Waals surface area contributed by atoms with Crippen molar-refractivity contribution in [1.82, 2.24) is 0 Å². The van der Waals surface area contributed by atoms with Gasteiger partial charge in [-0.3, -0.25) is 9.59 Å². The number of nitrogen functional groups attached to an aromatic ring is 1. The van der Waals surface area contributed by atoms with Crippen LogP contribution < -0.4 is 11.5 Å². The Bertz CT molecular complexity index is 388. The quantitative estimate of drug-likeness (QED) is 0.562. The van der Waals surface area contributed by atoms with Crippen LogP contribution >= 0.6 is 0 Å². The summed E-state index contributed by atoms with van der Waals surface area (Å²) in [6.45, 7) is 1.37. The Labute approximate surface area is 88.3 Å². The second-order valence-electron chi connectivity index (χ2n) is 3.43. The fourth-order valence-corrected chi connectivity index (χ4v) is 1.20. The van der Waals surface area contributed by atoms with E-state index in [-0.39, 0.29) is 18.0 Å². The van der Waals surface area contributed by atoms with Gasteiger partial charge >= 0.3 is 0 Å². The zero-order chi connectivity index (χ0) is 11.4. The van der Waals surface area contributed by atoms with E-state index in [0.29, 0.717) is 11.3 Å². The van der Waals surface area contributed by atoms with Crippen molar-refractivity contribution in [2.24, 2.45) is 5.73 Å². The number of benzene rings is 1. The van der Waals surface area contributed by atoms with E-state index in [1.165, 1.54) is 6.92 Å². The molecule has 1 atom stereocenters. The molecule has 1 rings (SSSR count). The van der Waals surface area contributed by atoms with E-state index < -0.39 is 6.04 Å². The van der Waals surface area contributed by atoms with E-state index in [1.807, 2.05) is 0 Å². The average Bonchev–Trinajstić information content (AvgIpc) is 2.18. The van der Waals surface area contributed by atoms with Crippen LogP contribution in [0.25, 0.3) is 0 Å². The number of hydrogen-bond donors (Lipinski definition) is 2. The lowest BCUT2D eigenvalue weighted by molar-refractivity contribution is -0.118. The number of carbonyl (C=O) groups excluding carboxylic acids is 2. The first kappa shape index (κ1) is 11.4. The molecule has 0 unspecified atom stereocenters. The molecule has 0 radical (unpaired) electrons. The number of carbonyl (C=O) groups is 2. The monoisotopic (exact) mass is 206 g/mol. The van der Waals surface area contributed by atoms with Gasteiger partial charge < -0.3 is 11.5 Å². The van der Waals surface area contributed by atoms with Crippen LogP contribution in [0.15, 0.2) is 24.3 Å². The molecule has 0 saturated heterocycles. The maximum atomic E-state index is 11.7. The van der Waals surface area contributed by atoms with Crippen LogP contribution in [0.5, 0.6) is 0 Å². The van der Waals surface area contributed by atoms with Crippen LogP contribution in [0.1, 0.15) is 23.7 Å². The SMILES string of the molecule is CC(=O)[C@H](N)CC(=O)c1ccccc1N. The van der Waals surface area contributed by atoms with Crippen molar-refractivity contribution in [1.29, 1.82) is 0 Å². The third-order valence-electron chi connectivity index (χ3n) is 2.19. The number of rotatable bonds is 4. The Balaban J connectivity index is 2.78. The lowest BCUT2D eigenvalue weighted by Gasteiger charge is -2.08. The summed E-state index contributed by atoms with van der Waals surface area (Å²) in [5.74, 6) is -0.395. The van der Waals surface area contributed by atoms with Gasteiger partial charge in [0.15, 0.2) is 5.78 Å². The van der Waals surface area contributed by atoms with Gasteiger partial charge in [-0.2, -0.15) is 0 Å². The average molecular weight is 206 g/mol. The van der Waals surface area contributed by atoms with Crippen molar-refractivity contribution in [2.75, 3.05) is 5.73 Å². The standard InChI is InChI=1S/C11H14N2O2/c1-7(14)10(13)6-11(15)8-4-2-3-5-9(8)12/h2-5,10H,6,12-13H2,1H3/t10-/m1/s1. The van der Waals surface area contributed by atoms with E-state index in [1.54, 1.807) is 24.3 Å². The summed E-state index contributed by atoms with van der Waals surface area (Å²) >= 11 is 0. The first-order valence-electron chi connectivity index (χ1n) is 4.66. The molecular weight excluding hydrogens is 192 g/mol. The molecule has 0 heterocycles. The largest absolute Gasteiger partial charge is 0.398 e. The van der Waals surface area contributed by atoms with Crippen molar-refractivity contribution in [2.45, 2.75) is 19.4 Å². The normalized spacial score (nSPS) is 12.1. The zero-order valence-corrected chi connectivity index (χ0v) is 8.57. The number of hydrogen-bond acceptors (Lipinski definition) is 4. The van der Waals surface area contributed by atoms with Crippen LogP contribution in [-0.4, -0.2) is 17.6 Å². The molecule has 1 aromatic rings. The Morgan fingerprint density at radius 3 is 2.47 bits per heavy atom. The molecule has 0 bridgehead atoms. The van der Waals surface area contributed by atoms with Gasteiger partial charge in [0.25, 0.3) is 0 Å². The van der Waals surface area contributed by atoms with E-state index >= 15 is 0 Å². The molecule has 1 aromatic carbocycles. The van der Waals surface area contributed by atoms with Gasteiger partial charge in [0.1, 0.15) is 5.78 Å². The molecular formula is C11H14N2O2. The lowest BCUT2D eigenvalue weighted by atomic mass is 10.0. The van der Waals surface area contributed by atoms with E-state index in [0.717, 1.165) is 0 Å². The summed E-state index contributed by atoms with van der Waals surface area (Å²) in [4.78, 5) is 22.6. The number of Topliss-reactive ketones (excluding diaryl/α,β-unsaturated/α-hetero) is 2. The molecule has 0 amide bonds. The van der Waals surface area contributed by atoms with E-state index in [4.69, 9.17) is 11.5 Å². The van der Waals surface area contributed by atoms with Gasteiger partial charge in [-0.1, -0.05) is 12.1 Å². The number of nitrogens with two attached hydrogens (primary N) is 2. The summed E-state index contributed by atoms with van der Waals surface area (Å²) < 4.78 is 0. The smallest absolute Gasteiger partial charge is 0.166 e. The maximum Gasteiger partial charge on any atom is 0.166 e. The Kier molecular flexibility index (Phi) is 3.57. The molecule has 4 nitrogen and oxygen atoms in total. The molecule has 80 valence electrons. The van der Waals surface area contributed by atoms with Gasteiger partial charge in [0.2, 0.25) is 0 Å². The second kappa shape index (κ2) is 4.70. The molecule has 15 heavy (non-hydrogen) atoms. The Morgan fingerprint density at radius 2 is 1.93 bits per heavy atom.